The van der Waals surface area contributed by atoms with E-state index in [-0.39, 0.29) is 16.6 Å². The second-order valence-electron chi connectivity index (χ2n) is 8.67. The maximum atomic E-state index is 11.9. The first-order valence-corrected chi connectivity index (χ1v) is 8.57. The number of aldehydes is 1. The van der Waals surface area contributed by atoms with Crippen molar-refractivity contribution in [1.82, 2.24) is 0 Å². The fraction of sp³-hybridized carbons (Fsp3) is 0.409. The number of phenols is 2. The van der Waals surface area contributed by atoms with Gasteiger partial charge in [-0.05, 0) is 45.2 Å². The summed E-state index contributed by atoms with van der Waals surface area (Å²) in [6, 6.07) is 10.5. The highest BCUT2D eigenvalue weighted by molar-refractivity contribution is 5.70. The first-order valence-electron chi connectivity index (χ1n) is 8.57. The molecule has 0 fully saturated rings. The molecule has 2 N–H and O–H groups in total. The lowest BCUT2D eigenvalue weighted by atomic mass is 9.76. The number of benzene rings is 2. The molecule has 0 aliphatic heterocycles. The van der Waals surface area contributed by atoms with Crippen LogP contribution < -0.4 is 0 Å². The molecule has 3 heteroatoms. The van der Waals surface area contributed by atoms with Crippen molar-refractivity contribution >= 4 is 6.29 Å². The summed E-state index contributed by atoms with van der Waals surface area (Å²) in [5, 5.41) is 20.3. The average Bonchev–Trinajstić information content (AvgIpc) is 2.48. The quantitative estimate of drug-likeness (QED) is 0.771. The van der Waals surface area contributed by atoms with E-state index in [1.807, 2.05) is 12.1 Å². The van der Waals surface area contributed by atoms with Crippen molar-refractivity contribution in [2.45, 2.75) is 58.3 Å². The van der Waals surface area contributed by atoms with Crippen LogP contribution in [0.1, 0.15) is 69.7 Å². The third-order valence-corrected chi connectivity index (χ3v) is 4.50. The first kappa shape index (κ1) is 19.0. The minimum absolute atomic E-state index is 0.171. The summed E-state index contributed by atoms with van der Waals surface area (Å²) < 4.78 is 0. The van der Waals surface area contributed by atoms with Crippen LogP contribution in [-0.4, -0.2) is 16.5 Å². The second kappa shape index (κ2) is 6.55. The highest BCUT2D eigenvalue weighted by Crippen LogP contribution is 2.41. The van der Waals surface area contributed by atoms with Crippen molar-refractivity contribution < 1.29 is 15.0 Å². The summed E-state index contributed by atoms with van der Waals surface area (Å²) >= 11 is 0. The number of aromatic hydroxyl groups is 2. The minimum Gasteiger partial charge on any atom is -0.508 e. The van der Waals surface area contributed by atoms with Gasteiger partial charge in [0.1, 0.15) is 17.8 Å². The molecule has 0 bridgehead atoms. The molecule has 2 aromatic rings. The molecule has 0 aromatic heterocycles. The molecule has 0 amide bonds. The van der Waals surface area contributed by atoms with Gasteiger partial charge < -0.3 is 15.0 Å². The van der Waals surface area contributed by atoms with Gasteiger partial charge >= 0.3 is 0 Å². The Hall–Kier alpha value is -2.29. The molecule has 0 aliphatic carbocycles. The number of rotatable bonds is 3. The van der Waals surface area contributed by atoms with Crippen molar-refractivity contribution in [2.75, 3.05) is 0 Å². The van der Waals surface area contributed by atoms with Gasteiger partial charge in [0, 0.05) is 0 Å². The van der Waals surface area contributed by atoms with Crippen LogP contribution in [0, 0.1) is 0 Å². The van der Waals surface area contributed by atoms with E-state index in [9.17, 15) is 15.0 Å². The van der Waals surface area contributed by atoms with Gasteiger partial charge in [0.15, 0.2) is 0 Å². The zero-order valence-corrected chi connectivity index (χ0v) is 15.9. The van der Waals surface area contributed by atoms with Crippen molar-refractivity contribution in [3.8, 4) is 11.5 Å². The molecule has 1 unspecified atom stereocenters. The lowest BCUT2D eigenvalue weighted by Gasteiger charge is -2.29. The second-order valence-corrected chi connectivity index (χ2v) is 8.67. The molecule has 2 rings (SSSR count). The monoisotopic (exact) mass is 340 g/mol. The topological polar surface area (TPSA) is 57.5 Å². The molecule has 1 atom stereocenters. The Balaban J connectivity index is 2.71. The van der Waals surface area contributed by atoms with Gasteiger partial charge in [0.25, 0.3) is 0 Å². The van der Waals surface area contributed by atoms with Gasteiger partial charge in [-0.2, -0.15) is 0 Å². The maximum absolute atomic E-state index is 11.9. The standard InChI is InChI=1S/C22H28O3/c1-21(2,3)18-11-15(12-19(20(18)25)22(4,5)6)17(13-23)14-7-9-16(24)10-8-14/h7-13,17,24-25H,1-6H3. The smallest absolute Gasteiger partial charge is 0.131 e. The molecule has 0 aliphatic rings. The van der Waals surface area contributed by atoms with Gasteiger partial charge in [-0.25, -0.2) is 0 Å². The zero-order chi connectivity index (χ0) is 19.0. The van der Waals surface area contributed by atoms with Crippen molar-refractivity contribution in [2.24, 2.45) is 0 Å². The molecular formula is C22H28O3. The van der Waals surface area contributed by atoms with E-state index >= 15 is 0 Å². The predicted octanol–water partition coefficient (Wildman–Crippen LogP) is 5.02. The lowest BCUT2D eigenvalue weighted by molar-refractivity contribution is -0.108. The van der Waals surface area contributed by atoms with Crippen LogP contribution in [0.5, 0.6) is 11.5 Å². The molecule has 2 aromatic carbocycles. The lowest BCUT2D eigenvalue weighted by Crippen LogP contribution is -2.19. The molecule has 3 nitrogen and oxygen atoms in total. The number of hydrogen-bond acceptors (Lipinski definition) is 3. The Bertz CT molecular complexity index is 724. The number of phenolic OH excluding ortho intramolecular Hbond substituents is 2. The predicted molar refractivity (Wildman–Crippen MR) is 102 cm³/mol. The van der Waals surface area contributed by atoms with Gasteiger partial charge in [-0.15, -0.1) is 0 Å². The highest BCUT2D eigenvalue weighted by atomic mass is 16.3. The Morgan fingerprint density at radius 1 is 0.800 bits per heavy atom. The normalized spacial score (nSPS) is 13.5. The van der Waals surface area contributed by atoms with Crippen molar-refractivity contribution in [1.29, 1.82) is 0 Å². The summed E-state index contributed by atoms with van der Waals surface area (Å²) in [7, 11) is 0. The number of hydrogen-bond donors (Lipinski definition) is 2. The number of carbonyl (C=O) groups excluding carboxylic acids is 1. The average molecular weight is 340 g/mol. The van der Waals surface area contributed by atoms with Gasteiger partial charge in [-0.3, -0.25) is 0 Å². The number of carbonyl (C=O) groups is 1. The fourth-order valence-corrected chi connectivity index (χ4v) is 3.01. The minimum atomic E-state index is -0.441. The van der Waals surface area contributed by atoms with Gasteiger partial charge in [-0.1, -0.05) is 65.8 Å². The molecule has 25 heavy (non-hydrogen) atoms. The van der Waals surface area contributed by atoms with E-state index in [1.165, 1.54) is 0 Å². The molecular weight excluding hydrogens is 312 g/mol. The summed E-state index contributed by atoms with van der Waals surface area (Å²) in [6.07, 6.45) is 0.914. The fourth-order valence-electron chi connectivity index (χ4n) is 3.01. The molecule has 0 saturated heterocycles. The van der Waals surface area contributed by atoms with E-state index in [0.29, 0.717) is 5.75 Å². The van der Waals surface area contributed by atoms with Crippen molar-refractivity contribution in [3.63, 3.8) is 0 Å². The third-order valence-electron chi connectivity index (χ3n) is 4.50. The molecule has 134 valence electrons. The Kier molecular flexibility index (Phi) is 4.99. The Morgan fingerprint density at radius 2 is 1.24 bits per heavy atom. The SMILES string of the molecule is CC(C)(C)c1cc(C(C=O)c2ccc(O)cc2)cc(C(C)(C)C)c1O. The van der Waals surface area contributed by atoms with Crippen LogP contribution in [-0.2, 0) is 15.6 Å². The van der Waals surface area contributed by atoms with E-state index in [0.717, 1.165) is 28.5 Å². The van der Waals surface area contributed by atoms with Crippen LogP contribution >= 0.6 is 0 Å². The van der Waals surface area contributed by atoms with Crippen LogP contribution in [0.15, 0.2) is 36.4 Å². The Morgan fingerprint density at radius 3 is 1.60 bits per heavy atom. The molecule has 0 heterocycles. The zero-order valence-electron chi connectivity index (χ0n) is 15.9. The third kappa shape index (κ3) is 4.04. The molecule has 0 spiro atoms. The van der Waals surface area contributed by atoms with E-state index in [1.54, 1.807) is 24.3 Å². The van der Waals surface area contributed by atoms with Crippen LogP contribution in [0.3, 0.4) is 0 Å². The summed E-state index contributed by atoms with van der Waals surface area (Å²) in [5.74, 6) is 0.0346. The van der Waals surface area contributed by atoms with E-state index in [4.69, 9.17) is 0 Å². The summed E-state index contributed by atoms with van der Waals surface area (Å²) in [4.78, 5) is 11.9. The highest BCUT2D eigenvalue weighted by Gasteiger charge is 2.28. The van der Waals surface area contributed by atoms with Crippen molar-refractivity contribution in [3.05, 3.63) is 58.7 Å². The van der Waals surface area contributed by atoms with Crippen LogP contribution in [0.25, 0.3) is 0 Å². The Labute approximate surface area is 150 Å². The van der Waals surface area contributed by atoms with E-state index in [2.05, 4.69) is 41.5 Å². The van der Waals surface area contributed by atoms with Gasteiger partial charge in [0.2, 0.25) is 0 Å². The molecule has 0 radical (unpaired) electrons. The van der Waals surface area contributed by atoms with Gasteiger partial charge in [0.05, 0.1) is 5.92 Å². The summed E-state index contributed by atoms with van der Waals surface area (Å²) in [5.41, 5.74) is 2.85. The maximum Gasteiger partial charge on any atom is 0.131 e. The largest absolute Gasteiger partial charge is 0.508 e. The summed E-state index contributed by atoms with van der Waals surface area (Å²) in [6.45, 7) is 12.3. The van der Waals surface area contributed by atoms with Crippen LogP contribution in [0.2, 0.25) is 0 Å². The van der Waals surface area contributed by atoms with Crippen LogP contribution in [0.4, 0.5) is 0 Å². The first-order chi connectivity index (χ1) is 11.4. The molecule has 0 saturated carbocycles. The van der Waals surface area contributed by atoms with E-state index < -0.39 is 5.92 Å².